The van der Waals surface area contributed by atoms with Crippen LogP contribution in [0.2, 0.25) is 0 Å². The first-order chi connectivity index (χ1) is 17.5. The molecule has 1 spiro atoms. The molecule has 2 aromatic carbocycles. The van der Waals surface area contributed by atoms with Crippen LogP contribution in [0.3, 0.4) is 0 Å². The van der Waals surface area contributed by atoms with Crippen molar-refractivity contribution in [2.45, 2.75) is 47.3 Å². The third-order valence-electron chi connectivity index (χ3n) is 7.45. The largest absolute Gasteiger partial charge is 0.505 e. The molecule has 1 saturated carbocycles. The van der Waals surface area contributed by atoms with E-state index in [1.165, 1.54) is 0 Å². The SMILES string of the molecule is COc1ccc(Sc2c(O)c3c(=O)n4c(cc3oc2=O)C2(CCCCC2)c2cc(OC)ccc2-4)cc1. The number of hydrogen-bond acceptors (Lipinski definition) is 7. The van der Waals surface area contributed by atoms with Gasteiger partial charge in [-0.2, -0.15) is 0 Å². The van der Waals surface area contributed by atoms with Gasteiger partial charge in [-0.25, -0.2) is 4.79 Å². The van der Waals surface area contributed by atoms with E-state index in [0.717, 1.165) is 66.6 Å². The van der Waals surface area contributed by atoms with E-state index in [0.29, 0.717) is 10.6 Å². The van der Waals surface area contributed by atoms with Gasteiger partial charge in [0.05, 0.1) is 19.9 Å². The molecule has 6 rings (SSSR count). The van der Waals surface area contributed by atoms with Crippen molar-refractivity contribution < 1.29 is 19.0 Å². The first-order valence-corrected chi connectivity index (χ1v) is 12.8. The number of aromatic nitrogens is 1. The van der Waals surface area contributed by atoms with Crippen molar-refractivity contribution in [2.75, 3.05) is 14.2 Å². The number of aromatic hydroxyl groups is 1. The molecular weight excluding hydrogens is 478 g/mol. The number of fused-ring (bicyclic) bond motifs is 6. The minimum atomic E-state index is -0.681. The number of ether oxygens (including phenoxy) is 2. The Morgan fingerprint density at radius 1 is 0.944 bits per heavy atom. The van der Waals surface area contributed by atoms with E-state index in [-0.39, 0.29) is 27.0 Å². The molecule has 0 radical (unpaired) electrons. The van der Waals surface area contributed by atoms with Crippen molar-refractivity contribution in [1.29, 1.82) is 0 Å². The van der Waals surface area contributed by atoms with Crippen molar-refractivity contribution in [2.24, 2.45) is 0 Å². The van der Waals surface area contributed by atoms with E-state index in [1.54, 1.807) is 49.1 Å². The highest BCUT2D eigenvalue weighted by Crippen LogP contribution is 2.52. The summed E-state index contributed by atoms with van der Waals surface area (Å²) in [5, 5.41) is 11.2. The lowest BCUT2D eigenvalue weighted by molar-refractivity contribution is 0.344. The first-order valence-electron chi connectivity index (χ1n) is 11.9. The van der Waals surface area contributed by atoms with E-state index in [9.17, 15) is 14.7 Å². The van der Waals surface area contributed by atoms with Gasteiger partial charge in [-0.15, -0.1) is 0 Å². The highest BCUT2D eigenvalue weighted by Gasteiger charge is 2.46. The molecule has 2 aromatic heterocycles. The van der Waals surface area contributed by atoms with Gasteiger partial charge in [0.2, 0.25) is 0 Å². The summed E-state index contributed by atoms with van der Waals surface area (Å²) in [6.07, 6.45) is 4.99. The predicted octanol–water partition coefficient (Wildman–Crippen LogP) is 5.38. The van der Waals surface area contributed by atoms with Gasteiger partial charge < -0.3 is 19.0 Å². The fourth-order valence-corrected chi connectivity index (χ4v) is 6.56. The van der Waals surface area contributed by atoms with Crippen molar-refractivity contribution in [3.63, 3.8) is 0 Å². The summed E-state index contributed by atoms with van der Waals surface area (Å²) < 4.78 is 18.0. The van der Waals surface area contributed by atoms with Gasteiger partial charge >= 0.3 is 5.63 Å². The van der Waals surface area contributed by atoms with Crippen molar-refractivity contribution in [3.05, 3.63) is 80.6 Å². The standard InChI is InChI=1S/C28H25NO6S/c1-33-16-6-9-18(10-7-16)36-25-24(30)23-21(35-27(25)32)15-22-28(12-4-3-5-13-28)19-14-17(34-2)8-11-20(19)29(22)26(23)31/h6-11,14-15,30H,3-5,12-13H2,1-2H3. The van der Waals surface area contributed by atoms with Crippen LogP contribution in [0.15, 0.2) is 72.3 Å². The van der Waals surface area contributed by atoms with Gasteiger partial charge in [0.1, 0.15) is 27.4 Å². The molecule has 0 bridgehead atoms. The second-order valence-electron chi connectivity index (χ2n) is 9.28. The van der Waals surface area contributed by atoms with Crippen molar-refractivity contribution in [1.82, 2.24) is 4.57 Å². The Morgan fingerprint density at radius 2 is 1.64 bits per heavy atom. The molecule has 3 heterocycles. The zero-order valence-corrected chi connectivity index (χ0v) is 20.8. The molecule has 2 aliphatic rings. The predicted molar refractivity (Wildman–Crippen MR) is 137 cm³/mol. The second kappa shape index (κ2) is 8.48. The second-order valence-corrected chi connectivity index (χ2v) is 10.4. The highest BCUT2D eigenvalue weighted by molar-refractivity contribution is 7.99. The highest BCUT2D eigenvalue weighted by atomic mass is 32.2. The Kier molecular flexibility index (Phi) is 5.37. The molecule has 8 heteroatoms. The summed E-state index contributed by atoms with van der Waals surface area (Å²) in [4.78, 5) is 27.6. The molecule has 1 N–H and O–H groups in total. The fraction of sp³-hybridized carbons (Fsp3) is 0.286. The zero-order chi connectivity index (χ0) is 25.0. The van der Waals surface area contributed by atoms with Crippen LogP contribution in [0.4, 0.5) is 0 Å². The molecule has 1 aliphatic heterocycles. The number of pyridine rings is 1. The van der Waals surface area contributed by atoms with Crippen LogP contribution in [0, 0.1) is 0 Å². The quantitative estimate of drug-likeness (QED) is 0.400. The van der Waals surface area contributed by atoms with E-state index in [2.05, 4.69) is 0 Å². The van der Waals surface area contributed by atoms with Gasteiger partial charge in [-0.1, -0.05) is 31.0 Å². The Hall–Kier alpha value is -3.65. The van der Waals surface area contributed by atoms with E-state index in [1.807, 2.05) is 18.2 Å². The molecule has 36 heavy (non-hydrogen) atoms. The van der Waals surface area contributed by atoms with Crippen molar-refractivity contribution in [3.8, 4) is 22.9 Å². The zero-order valence-electron chi connectivity index (χ0n) is 20.0. The van der Waals surface area contributed by atoms with Gasteiger partial charge in [0, 0.05) is 22.1 Å². The summed E-state index contributed by atoms with van der Waals surface area (Å²) >= 11 is 1.05. The van der Waals surface area contributed by atoms with Gasteiger partial charge in [0.25, 0.3) is 5.56 Å². The summed E-state index contributed by atoms with van der Waals surface area (Å²) in [6.45, 7) is 0. The van der Waals surface area contributed by atoms with E-state index in [4.69, 9.17) is 13.9 Å². The Balaban J connectivity index is 1.58. The minimum Gasteiger partial charge on any atom is -0.505 e. The maximum Gasteiger partial charge on any atom is 0.354 e. The van der Waals surface area contributed by atoms with Crippen LogP contribution in [0.5, 0.6) is 17.2 Å². The molecule has 0 amide bonds. The normalized spacial score (nSPS) is 15.6. The Bertz CT molecular complexity index is 1610. The van der Waals surface area contributed by atoms with Gasteiger partial charge in [-0.3, -0.25) is 9.36 Å². The average Bonchev–Trinajstić information content (AvgIpc) is 3.15. The van der Waals surface area contributed by atoms with Crippen LogP contribution in [-0.4, -0.2) is 23.9 Å². The lowest BCUT2D eigenvalue weighted by atomic mass is 9.68. The van der Waals surface area contributed by atoms with Gasteiger partial charge in [0.15, 0.2) is 5.75 Å². The van der Waals surface area contributed by atoms with Gasteiger partial charge in [-0.05, 0) is 60.9 Å². The molecule has 4 aromatic rings. The Morgan fingerprint density at radius 3 is 2.33 bits per heavy atom. The number of methoxy groups -OCH3 is 2. The maximum absolute atomic E-state index is 14.0. The summed E-state index contributed by atoms with van der Waals surface area (Å²) in [7, 11) is 3.20. The molecule has 1 fully saturated rings. The lowest BCUT2D eigenvalue weighted by Gasteiger charge is -2.34. The first kappa shape index (κ1) is 22.8. The lowest BCUT2D eigenvalue weighted by Crippen LogP contribution is -2.31. The minimum absolute atomic E-state index is 0.00369. The molecular formula is C28H25NO6S. The molecule has 1 aliphatic carbocycles. The third-order valence-corrected chi connectivity index (χ3v) is 8.52. The summed E-state index contributed by atoms with van der Waals surface area (Å²) in [5.74, 6) is 1.05. The van der Waals surface area contributed by atoms with Crippen molar-refractivity contribution >= 4 is 22.7 Å². The topological polar surface area (TPSA) is 90.9 Å². The summed E-state index contributed by atoms with van der Waals surface area (Å²) in [6, 6.07) is 14.6. The molecule has 184 valence electrons. The smallest absolute Gasteiger partial charge is 0.354 e. The van der Waals surface area contributed by atoms with E-state index < -0.39 is 11.2 Å². The molecule has 0 unspecified atom stereocenters. The summed E-state index contributed by atoms with van der Waals surface area (Å²) in [5.41, 5.74) is 1.31. The fourth-order valence-electron chi connectivity index (χ4n) is 5.72. The maximum atomic E-state index is 14.0. The molecule has 7 nitrogen and oxygen atoms in total. The molecule has 0 saturated heterocycles. The van der Waals surface area contributed by atoms with Crippen LogP contribution < -0.4 is 20.7 Å². The average molecular weight is 504 g/mol. The Labute approximate surface area is 211 Å². The number of benzene rings is 2. The van der Waals surface area contributed by atoms with Crippen LogP contribution >= 0.6 is 11.8 Å². The van der Waals surface area contributed by atoms with Crippen LogP contribution in [-0.2, 0) is 5.41 Å². The number of nitrogens with zero attached hydrogens (tertiary/aromatic N) is 1. The van der Waals surface area contributed by atoms with Crippen LogP contribution in [0.1, 0.15) is 43.4 Å². The van der Waals surface area contributed by atoms with Crippen LogP contribution in [0.25, 0.3) is 16.7 Å². The number of hydrogen-bond donors (Lipinski definition) is 1. The molecule has 0 atom stereocenters. The third kappa shape index (κ3) is 3.27. The number of rotatable bonds is 4. The van der Waals surface area contributed by atoms with E-state index >= 15 is 0 Å². The monoisotopic (exact) mass is 503 g/mol.